The highest BCUT2D eigenvalue weighted by Gasteiger charge is 2.22. The van der Waals surface area contributed by atoms with Gasteiger partial charge in [-0.2, -0.15) is 5.26 Å². The molecule has 0 atom stereocenters. The molecule has 1 saturated heterocycles. The van der Waals surface area contributed by atoms with Crippen molar-refractivity contribution < 1.29 is 0 Å². The molecule has 0 bridgehead atoms. The lowest BCUT2D eigenvalue weighted by Gasteiger charge is -2.35. The smallest absolute Gasteiger partial charge is 0.146 e. The lowest BCUT2D eigenvalue weighted by Crippen LogP contribution is -2.46. The molecule has 28 heavy (non-hydrogen) atoms. The van der Waals surface area contributed by atoms with E-state index in [4.69, 9.17) is 9.97 Å². The van der Waals surface area contributed by atoms with Crippen LogP contribution in [0.2, 0.25) is 0 Å². The molecule has 0 radical (unpaired) electrons. The van der Waals surface area contributed by atoms with E-state index in [1.165, 1.54) is 9.71 Å². The van der Waals surface area contributed by atoms with Crippen LogP contribution in [-0.4, -0.2) is 41.0 Å². The van der Waals surface area contributed by atoms with Gasteiger partial charge in [-0.15, -0.1) is 11.3 Å². The van der Waals surface area contributed by atoms with Crippen molar-refractivity contribution in [3.63, 3.8) is 0 Å². The van der Waals surface area contributed by atoms with E-state index in [0.29, 0.717) is 11.5 Å². The number of nitriles is 1. The largest absolute Gasteiger partial charge is 0.353 e. The van der Waals surface area contributed by atoms with Gasteiger partial charge in [-0.3, -0.25) is 4.90 Å². The van der Waals surface area contributed by atoms with Crippen LogP contribution in [-0.2, 0) is 13.0 Å². The van der Waals surface area contributed by atoms with Crippen LogP contribution in [0.1, 0.15) is 30.1 Å². The van der Waals surface area contributed by atoms with E-state index in [9.17, 15) is 5.26 Å². The molecule has 0 amide bonds. The minimum Gasteiger partial charge on any atom is -0.353 e. The molecular weight excluding hydrogens is 366 g/mol. The first-order valence-electron chi connectivity index (χ1n) is 9.84. The van der Waals surface area contributed by atoms with Gasteiger partial charge in [0.1, 0.15) is 16.9 Å². The number of pyridine rings is 1. The zero-order valence-corrected chi connectivity index (χ0v) is 17.2. The van der Waals surface area contributed by atoms with Crippen molar-refractivity contribution >= 4 is 27.4 Å². The molecule has 0 unspecified atom stereocenters. The van der Waals surface area contributed by atoms with Crippen LogP contribution >= 0.6 is 11.3 Å². The third kappa shape index (κ3) is 4.16. The van der Waals surface area contributed by atoms with Crippen LogP contribution in [0.5, 0.6) is 0 Å². The second-order valence-corrected chi connectivity index (χ2v) is 8.84. The minimum atomic E-state index is 0.555. The van der Waals surface area contributed by atoms with Crippen LogP contribution in [0, 0.1) is 17.2 Å². The van der Waals surface area contributed by atoms with Gasteiger partial charge in [0.05, 0.1) is 22.3 Å². The van der Waals surface area contributed by atoms with E-state index in [1.54, 1.807) is 11.3 Å². The number of hydrogen-bond donors (Lipinski definition) is 0. The second kappa shape index (κ2) is 8.26. The average Bonchev–Trinajstić information content (AvgIpc) is 3.10. The molecule has 144 valence electrons. The maximum Gasteiger partial charge on any atom is 0.146 e. The topological polar surface area (TPSA) is 56.1 Å². The Bertz CT molecular complexity index is 963. The Morgan fingerprint density at radius 2 is 1.86 bits per heavy atom. The average molecular weight is 392 g/mol. The zero-order valence-electron chi connectivity index (χ0n) is 16.4. The van der Waals surface area contributed by atoms with Gasteiger partial charge in [-0.25, -0.2) is 9.97 Å². The van der Waals surface area contributed by atoms with Gasteiger partial charge in [-0.05, 0) is 36.6 Å². The molecule has 3 aromatic rings. The standard InChI is InChI=1S/C22H25N5S/c1-16(2)13-18-8-7-17(14-23)22(24-18)27-11-9-26(10-12-27)15-21-25-19-5-3-4-6-20(19)28-21/h3-8,16H,9-13,15H2,1-2H3. The summed E-state index contributed by atoms with van der Waals surface area (Å²) in [5.41, 5.74) is 2.83. The van der Waals surface area contributed by atoms with Crippen LogP contribution < -0.4 is 4.90 Å². The molecule has 1 aliphatic heterocycles. The van der Waals surface area contributed by atoms with Gasteiger partial charge in [-0.1, -0.05) is 26.0 Å². The number of anilines is 1. The molecule has 1 fully saturated rings. The fourth-order valence-electron chi connectivity index (χ4n) is 3.64. The fraction of sp³-hybridized carbons (Fsp3) is 0.409. The Morgan fingerprint density at radius 1 is 1.07 bits per heavy atom. The Balaban J connectivity index is 1.43. The van der Waals surface area contributed by atoms with E-state index in [1.807, 2.05) is 18.2 Å². The van der Waals surface area contributed by atoms with Gasteiger partial charge in [0.25, 0.3) is 0 Å². The first-order valence-corrected chi connectivity index (χ1v) is 10.7. The number of benzene rings is 1. The van der Waals surface area contributed by atoms with E-state index in [0.717, 1.165) is 56.2 Å². The van der Waals surface area contributed by atoms with Gasteiger partial charge in [0, 0.05) is 31.9 Å². The number of rotatable bonds is 5. The number of nitrogens with zero attached hydrogens (tertiary/aromatic N) is 5. The molecule has 2 aromatic heterocycles. The van der Waals surface area contributed by atoms with Crippen molar-refractivity contribution in [3.8, 4) is 6.07 Å². The van der Waals surface area contributed by atoms with Crippen LogP contribution in [0.15, 0.2) is 36.4 Å². The second-order valence-electron chi connectivity index (χ2n) is 7.72. The Morgan fingerprint density at radius 3 is 2.57 bits per heavy atom. The molecule has 5 nitrogen and oxygen atoms in total. The number of aromatic nitrogens is 2. The number of thiazole rings is 1. The van der Waals surface area contributed by atoms with E-state index >= 15 is 0 Å². The molecule has 0 saturated carbocycles. The van der Waals surface area contributed by atoms with Crippen molar-refractivity contribution in [1.29, 1.82) is 5.26 Å². The third-order valence-corrected chi connectivity index (χ3v) is 6.06. The predicted molar refractivity (Wildman–Crippen MR) is 115 cm³/mol. The lowest BCUT2D eigenvalue weighted by molar-refractivity contribution is 0.249. The SMILES string of the molecule is CC(C)Cc1ccc(C#N)c(N2CCN(Cc3nc4ccccc4s3)CC2)n1. The number of fused-ring (bicyclic) bond motifs is 1. The maximum atomic E-state index is 9.50. The van der Waals surface area contributed by atoms with Crippen molar-refractivity contribution in [2.24, 2.45) is 5.92 Å². The van der Waals surface area contributed by atoms with Gasteiger partial charge < -0.3 is 4.90 Å². The van der Waals surface area contributed by atoms with Crippen molar-refractivity contribution in [2.45, 2.75) is 26.8 Å². The predicted octanol–water partition coefficient (Wildman–Crippen LogP) is 4.08. The molecule has 0 aliphatic carbocycles. The highest BCUT2D eigenvalue weighted by Crippen LogP contribution is 2.24. The molecule has 1 aromatic carbocycles. The lowest BCUT2D eigenvalue weighted by atomic mass is 10.1. The van der Waals surface area contributed by atoms with Gasteiger partial charge >= 0.3 is 0 Å². The third-order valence-electron chi connectivity index (χ3n) is 5.04. The van der Waals surface area contributed by atoms with Crippen LogP contribution in [0.4, 0.5) is 5.82 Å². The molecular formula is C22H25N5S. The first-order chi connectivity index (χ1) is 13.6. The minimum absolute atomic E-state index is 0.555. The fourth-order valence-corrected chi connectivity index (χ4v) is 4.65. The normalized spacial score (nSPS) is 15.3. The first kappa shape index (κ1) is 18.9. The monoisotopic (exact) mass is 391 g/mol. The molecule has 1 aliphatic rings. The maximum absolute atomic E-state index is 9.50. The van der Waals surface area contributed by atoms with Gasteiger partial charge in [0.15, 0.2) is 0 Å². The summed E-state index contributed by atoms with van der Waals surface area (Å²) in [6.07, 6.45) is 0.941. The van der Waals surface area contributed by atoms with Crippen molar-refractivity contribution in [2.75, 3.05) is 31.1 Å². The summed E-state index contributed by atoms with van der Waals surface area (Å²) in [4.78, 5) is 14.3. The summed E-state index contributed by atoms with van der Waals surface area (Å²) in [6, 6.07) is 14.5. The van der Waals surface area contributed by atoms with Gasteiger partial charge in [0.2, 0.25) is 0 Å². The summed E-state index contributed by atoms with van der Waals surface area (Å²) in [5.74, 6) is 1.40. The number of piperazine rings is 1. The highest BCUT2D eigenvalue weighted by molar-refractivity contribution is 7.18. The quantitative estimate of drug-likeness (QED) is 0.656. The molecule has 3 heterocycles. The van der Waals surface area contributed by atoms with Crippen molar-refractivity contribution in [1.82, 2.24) is 14.9 Å². The molecule has 4 rings (SSSR count). The molecule has 6 heteroatoms. The summed E-state index contributed by atoms with van der Waals surface area (Å²) in [7, 11) is 0. The number of hydrogen-bond acceptors (Lipinski definition) is 6. The molecule has 0 N–H and O–H groups in total. The summed E-state index contributed by atoms with van der Waals surface area (Å²) in [5, 5.41) is 10.7. The van der Waals surface area contributed by atoms with E-state index in [2.05, 4.69) is 47.9 Å². The summed E-state index contributed by atoms with van der Waals surface area (Å²) < 4.78 is 1.25. The Labute approximate surface area is 170 Å². The summed E-state index contributed by atoms with van der Waals surface area (Å²) >= 11 is 1.78. The van der Waals surface area contributed by atoms with E-state index in [-0.39, 0.29) is 0 Å². The molecule has 0 spiro atoms. The Hall–Kier alpha value is -2.49. The van der Waals surface area contributed by atoms with Crippen LogP contribution in [0.3, 0.4) is 0 Å². The Kier molecular flexibility index (Phi) is 5.56. The summed E-state index contributed by atoms with van der Waals surface area (Å²) in [6.45, 7) is 8.96. The number of para-hydroxylation sites is 1. The van der Waals surface area contributed by atoms with E-state index < -0.39 is 0 Å². The zero-order chi connectivity index (χ0) is 19.5. The van der Waals surface area contributed by atoms with Crippen molar-refractivity contribution in [3.05, 3.63) is 52.7 Å². The van der Waals surface area contributed by atoms with Crippen LogP contribution in [0.25, 0.3) is 10.2 Å². The highest BCUT2D eigenvalue weighted by atomic mass is 32.1.